The van der Waals surface area contributed by atoms with Crippen LogP contribution in [0.25, 0.3) is 0 Å². The van der Waals surface area contributed by atoms with Crippen molar-refractivity contribution >= 4 is 55.6 Å². The number of hydrogen-bond donors (Lipinski definition) is 1. The summed E-state index contributed by atoms with van der Waals surface area (Å²) in [4.78, 5) is 29.9. The fourth-order valence-electron chi connectivity index (χ4n) is 5.10. The first-order chi connectivity index (χ1) is 20.6. The van der Waals surface area contributed by atoms with Crippen molar-refractivity contribution in [3.05, 3.63) is 99.1 Å². The van der Waals surface area contributed by atoms with Gasteiger partial charge < -0.3 is 4.90 Å². The van der Waals surface area contributed by atoms with Gasteiger partial charge in [-0.1, -0.05) is 30.0 Å². The molecule has 224 valence electrons. The number of aliphatic imine (C=N–C) groups is 1. The Morgan fingerprint density at radius 1 is 1.12 bits per heavy atom. The first-order valence-electron chi connectivity index (χ1n) is 13.8. The van der Waals surface area contributed by atoms with Crippen LogP contribution < -0.4 is 9.62 Å². The summed E-state index contributed by atoms with van der Waals surface area (Å²) < 4.78 is 25.4. The van der Waals surface area contributed by atoms with Gasteiger partial charge in [0.2, 0.25) is 10.0 Å². The van der Waals surface area contributed by atoms with Crippen molar-refractivity contribution < 1.29 is 18.1 Å². The number of nitrogens with one attached hydrogen (secondary N) is 1. The average Bonchev–Trinajstić information content (AvgIpc) is 2.98. The lowest BCUT2D eigenvalue weighted by atomic mass is 9.97. The zero-order valence-electron chi connectivity index (χ0n) is 23.9. The Kier molecular flexibility index (Phi) is 9.11. The van der Waals surface area contributed by atoms with Gasteiger partial charge in [-0.3, -0.25) is 24.6 Å². The van der Waals surface area contributed by atoms with Crippen LogP contribution in [-0.4, -0.2) is 67.3 Å². The Balaban J connectivity index is 1.38. The molecule has 0 fully saturated rings. The number of nitro benzene ring substituents is 1. The van der Waals surface area contributed by atoms with Crippen molar-refractivity contribution in [2.45, 2.75) is 25.7 Å². The third-order valence-electron chi connectivity index (χ3n) is 7.13. The number of amides is 1. The molecule has 3 aromatic rings. The van der Waals surface area contributed by atoms with E-state index >= 15 is 0 Å². The summed E-state index contributed by atoms with van der Waals surface area (Å²) in [6, 6.07) is 20.0. The van der Waals surface area contributed by atoms with Gasteiger partial charge >= 0.3 is 5.24 Å². The van der Waals surface area contributed by atoms with Gasteiger partial charge in [0.05, 0.1) is 16.9 Å². The number of rotatable bonds is 9. The molecule has 0 aromatic heterocycles. The number of aryl methyl sites for hydroxylation is 2. The highest BCUT2D eigenvalue weighted by Gasteiger charge is 2.25. The quantitative estimate of drug-likeness (QED) is 0.113. The van der Waals surface area contributed by atoms with Crippen LogP contribution in [0.5, 0.6) is 0 Å². The van der Waals surface area contributed by atoms with Crippen LogP contribution in [0.2, 0.25) is 0 Å². The highest BCUT2D eigenvalue weighted by atomic mass is 32.2. The van der Waals surface area contributed by atoms with E-state index in [1.54, 1.807) is 31.3 Å². The maximum Gasteiger partial charge on any atom is 0.301 e. The highest BCUT2D eigenvalue weighted by molar-refractivity contribution is 8.14. The van der Waals surface area contributed by atoms with Crippen LogP contribution in [0, 0.1) is 10.1 Å². The molecule has 0 bridgehead atoms. The smallest absolute Gasteiger partial charge is 0.301 e. The topological polar surface area (TPSA) is 138 Å². The van der Waals surface area contributed by atoms with Crippen LogP contribution in [0.3, 0.4) is 0 Å². The third kappa shape index (κ3) is 7.59. The molecule has 0 aliphatic carbocycles. The second-order valence-electron chi connectivity index (χ2n) is 10.4. The molecule has 2 heterocycles. The lowest BCUT2D eigenvalue weighted by Gasteiger charge is -2.33. The van der Waals surface area contributed by atoms with Gasteiger partial charge in [-0.15, -0.1) is 0 Å². The average molecular weight is 621 g/mol. The largest absolute Gasteiger partial charge is 0.326 e. The molecule has 0 unspecified atom stereocenters. The molecule has 0 atom stereocenters. The molecule has 13 heteroatoms. The molecule has 0 saturated carbocycles. The first-order valence-corrected chi connectivity index (χ1v) is 16.7. The summed E-state index contributed by atoms with van der Waals surface area (Å²) in [6.45, 7) is 1.29. The van der Waals surface area contributed by atoms with Gasteiger partial charge in [-0.25, -0.2) is 13.4 Å². The Morgan fingerprint density at radius 2 is 1.86 bits per heavy atom. The molecule has 1 N–H and O–H groups in total. The second kappa shape index (κ2) is 13.0. The van der Waals surface area contributed by atoms with Crippen molar-refractivity contribution in [1.82, 2.24) is 5.01 Å². The molecule has 0 radical (unpaired) electrons. The Morgan fingerprint density at radius 3 is 2.53 bits per heavy atom. The number of fused-ring (bicyclic) bond motifs is 1. The number of non-ortho nitro benzene ring substituents is 1. The summed E-state index contributed by atoms with van der Waals surface area (Å²) in [7, 11) is -1.67. The first kappa shape index (κ1) is 30.2. The molecule has 0 spiro atoms. The monoisotopic (exact) mass is 620 g/mol. The number of nitrogens with zero attached hydrogens (tertiary/aromatic N) is 5. The summed E-state index contributed by atoms with van der Waals surface area (Å²) >= 11 is 1.24. The van der Waals surface area contributed by atoms with E-state index in [9.17, 15) is 23.3 Å². The van der Waals surface area contributed by atoms with Crippen molar-refractivity contribution in [3.8, 4) is 0 Å². The van der Waals surface area contributed by atoms with Gasteiger partial charge in [-0.2, -0.15) is 5.10 Å². The van der Waals surface area contributed by atoms with Crippen LogP contribution in [0.4, 0.5) is 21.9 Å². The Labute approximate surface area is 254 Å². The molecule has 43 heavy (non-hydrogen) atoms. The number of sulfonamides is 1. The summed E-state index contributed by atoms with van der Waals surface area (Å²) in [6.07, 6.45) is 4.45. The fraction of sp³-hybridized carbons (Fsp3) is 0.300. The molecule has 2 aliphatic heterocycles. The normalized spacial score (nSPS) is 15.6. The summed E-state index contributed by atoms with van der Waals surface area (Å²) in [5.41, 5.74) is 6.45. The molecular formula is C30H32N6O5S2. The lowest BCUT2D eigenvalue weighted by Crippen LogP contribution is -2.36. The Bertz CT molecular complexity index is 1690. The second-order valence-corrected chi connectivity index (χ2v) is 13.1. The van der Waals surface area contributed by atoms with Crippen molar-refractivity contribution in [3.63, 3.8) is 0 Å². The van der Waals surface area contributed by atoms with Crippen LogP contribution >= 0.6 is 11.8 Å². The van der Waals surface area contributed by atoms with Gasteiger partial charge in [0.15, 0.2) is 0 Å². The van der Waals surface area contributed by atoms with Crippen molar-refractivity contribution in [2.24, 2.45) is 10.1 Å². The van der Waals surface area contributed by atoms with E-state index in [0.717, 1.165) is 78.0 Å². The molecule has 5 rings (SSSR count). The van der Waals surface area contributed by atoms with Crippen molar-refractivity contribution in [2.75, 3.05) is 41.8 Å². The van der Waals surface area contributed by atoms with E-state index in [1.165, 1.54) is 28.9 Å². The maximum absolute atomic E-state index is 11.9. The van der Waals surface area contributed by atoms with E-state index in [2.05, 4.69) is 26.9 Å². The number of amidine groups is 1. The third-order valence-corrected chi connectivity index (χ3v) is 8.67. The number of thioether (sulfide) groups is 1. The van der Waals surface area contributed by atoms with E-state index < -0.39 is 14.9 Å². The number of carbonyl (C=O) groups excluding carboxylic acids is 1. The minimum Gasteiger partial charge on any atom is -0.326 e. The van der Waals surface area contributed by atoms with Crippen LogP contribution in [-0.2, 0) is 22.9 Å². The highest BCUT2D eigenvalue weighted by Crippen LogP contribution is 2.31. The zero-order valence-corrected chi connectivity index (χ0v) is 25.5. The van der Waals surface area contributed by atoms with Crippen LogP contribution in [0.1, 0.15) is 35.1 Å². The number of hydrazone groups is 1. The number of hydrogen-bond acceptors (Lipinski definition) is 8. The summed E-state index contributed by atoms with van der Waals surface area (Å²) in [5.74, 6) is 1.28. The predicted octanol–water partition coefficient (Wildman–Crippen LogP) is 5.30. The van der Waals surface area contributed by atoms with Gasteiger partial charge in [0, 0.05) is 55.0 Å². The minimum absolute atomic E-state index is 0.0233. The zero-order chi connectivity index (χ0) is 30.6. The van der Waals surface area contributed by atoms with Gasteiger partial charge in [0.1, 0.15) is 5.84 Å². The van der Waals surface area contributed by atoms with E-state index in [4.69, 9.17) is 4.99 Å². The van der Waals surface area contributed by atoms with E-state index in [-0.39, 0.29) is 10.9 Å². The molecular weight excluding hydrogens is 589 g/mol. The van der Waals surface area contributed by atoms with E-state index in [0.29, 0.717) is 18.0 Å². The SMILES string of the molecule is CN1N=C(c2ccc3c(c2)CCCN3C(=NCCCc2ccc(NS(C)(=O)=O)cc2)c2ccc([N+](=O)[O-])cc2)CSC1=O. The maximum atomic E-state index is 11.9. The fourth-order valence-corrected chi connectivity index (χ4v) is 6.37. The van der Waals surface area contributed by atoms with E-state index in [1.807, 2.05) is 18.2 Å². The molecule has 11 nitrogen and oxygen atoms in total. The predicted molar refractivity (Wildman–Crippen MR) is 172 cm³/mol. The number of anilines is 2. The van der Waals surface area contributed by atoms with Gasteiger partial charge in [-0.05, 0) is 78.8 Å². The molecule has 1 amide bonds. The molecule has 0 saturated heterocycles. The van der Waals surface area contributed by atoms with Crippen LogP contribution in [0.15, 0.2) is 76.8 Å². The Hall–Kier alpha value is -4.23. The minimum atomic E-state index is -3.33. The number of nitro groups is 1. The number of carbonyl (C=O) groups is 1. The standard InChI is InChI=1S/C30H32N6O5S2/c1-34-30(37)42-20-27(32-34)23-11-16-28-24(19-23)6-4-18-35(28)29(22-9-14-26(15-10-22)36(38)39)31-17-3-5-21-7-12-25(13-8-21)33-43(2,40)41/h7-16,19,33H,3-6,17-18,20H2,1-2H3. The van der Waals surface area contributed by atoms with Gasteiger partial charge in [0.25, 0.3) is 5.69 Å². The molecule has 2 aliphatic rings. The lowest BCUT2D eigenvalue weighted by molar-refractivity contribution is -0.384. The number of benzene rings is 3. The summed E-state index contributed by atoms with van der Waals surface area (Å²) in [5, 5.41) is 17.0. The van der Waals surface area contributed by atoms with Crippen molar-refractivity contribution in [1.29, 1.82) is 0 Å². The molecule has 3 aromatic carbocycles.